The van der Waals surface area contributed by atoms with Gasteiger partial charge in [0.15, 0.2) is 0 Å². The van der Waals surface area contributed by atoms with Crippen LogP contribution in [0, 0.1) is 0 Å². The van der Waals surface area contributed by atoms with Crippen LogP contribution >= 0.6 is 0 Å². The summed E-state index contributed by atoms with van der Waals surface area (Å²) in [6.07, 6.45) is 3.83. The van der Waals surface area contributed by atoms with Crippen molar-refractivity contribution in [2.45, 2.75) is 26.0 Å². The molecule has 17 heavy (non-hydrogen) atoms. The van der Waals surface area contributed by atoms with Gasteiger partial charge in [0.2, 0.25) is 9.04 Å². The van der Waals surface area contributed by atoms with E-state index in [1.807, 2.05) is 6.08 Å². The smallest absolute Gasteiger partial charge is 0.202 e. The van der Waals surface area contributed by atoms with Gasteiger partial charge in [0.1, 0.15) is 0 Å². The highest BCUT2D eigenvalue weighted by atomic mass is 28.3. The van der Waals surface area contributed by atoms with Crippen molar-refractivity contribution in [3.05, 3.63) is 42.0 Å². The lowest BCUT2D eigenvalue weighted by Crippen LogP contribution is -2.24. The Bertz CT molecular complexity index is 315. The second kappa shape index (κ2) is 8.23. The summed E-state index contributed by atoms with van der Waals surface area (Å²) in [5, 5.41) is 0. The van der Waals surface area contributed by atoms with Gasteiger partial charge in [0.05, 0.1) is 12.8 Å². The Hall–Kier alpha value is -0.903. The van der Waals surface area contributed by atoms with Gasteiger partial charge in [0, 0.05) is 7.11 Å². The van der Waals surface area contributed by atoms with Crippen LogP contribution in [0.5, 0.6) is 0 Å². The largest absolute Gasteiger partial charge is 0.413 e. The molecule has 0 fully saturated rings. The summed E-state index contributed by atoms with van der Waals surface area (Å²) in [7, 11) is 0.582. The summed E-state index contributed by atoms with van der Waals surface area (Å²) >= 11 is 0. The molecule has 1 atom stereocenters. The molecule has 0 bridgehead atoms. The van der Waals surface area contributed by atoms with Crippen molar-refractivity contribution in [1.29, 1.82) is 0 Å². The van der Waals surface area contributed by atoms with Crippen LogP contribution in [0.4, 0.5) is 0 Å². The molecule has 0 radical (unpaired) electrons. The normalized spacial score (nSPS) is 12.4. The molecule has 0 spiro atoms. The second-order valence-electron chi connectivity index (χ2n) is 4.12. The second-order valence-corrected chi connectivity index (χ2v) is 6.61. The average Bonchev–Trinajstić information content (AvgIpc) is 2.37. The zero-order valence-corrected chi connectivity index (χ0v) is 12.0. The molecule has 0 N–H and O–H groups in total. The van der Waals surface area contributed by atoms with Crippen molar-refractivity contribution in [3.63, 3.8) is 0 Å². The highest BCUT2D eigenvalue weighted by Crippen LogP contribution is 2.09. The molecule has 0 aliphatic rings. The minimum atomic E-state index is -1.17. The van der Waals surface area contributed by atoms with Crippen LogP contribution < -0.4 is 0 Å². The molecule has 3 heteroatoms. The van der Waals surface area contributed by atoms with E-state index in [4.69, 9.17) is 9.16 Å². The van der Waals surface area contributed by atoms with E-state index in [-0.39, 0.29) is 0 Å². The van der Waals surface area contributed by atoms with E-state index in [1.54, 1.807) is 7.11 Å². The lowest BCUT2D eigenvalue weighted by Gasteiger charge is -2.14. The van der Waals surface area contributed by atoms with Crippen LogP contribution in [0.15, 0.2) is 30.8 Å². The summed E-state index contributed by atoms with van der Waals surface area (Å²) in [5.41, 5.74) is 2.37. The van der Waals surface area contributed by atoms with Gasteiger partial charge in [-0.3, -0.25) is 0 Å². The first-order valence-corrected chi connectivity index (χ1v) is 8.22. The molecule has 2 nitrogen and oxygen atoms in total. The van der Waals surface area contributed by atoms with E-state index >= 15 is 0 Å². The first kappa shape index (κ1) is 14.2. The molecule has 0 saturated carbocycles. The van der Waals surface area contributed by atoms with Crippen LogP contribution in [0.25, 0.3) is 6.08 Å². The molecule has 0 aromatic heterocycles. The van der Waals surface area contributed by atoms with E-state index in [0.29, 0.717) is 6.61 Å². The fraction of sp³-hybridized carbons (Fsp3) is 0.429. The molecule has 1 unspecified atom stereocenters. The third kappa shape index (κ3) is 5.30. The van der Waals surface area contributed by atoms with Crippen molar-refractivity contribution < 1.29 is 9.16 Å². The Morgan fingerprint density at radius 2 is 2.00 bits per heavy atom. The van der Waals surface area contributed by atoms with Crippen molar-refractivity contribution in [1.82, 2.24) is 0 Å². The molecule has 0 aliphatic heterocycles. The third-order valence-electron chi connectivity index (χ3n) is 2.66. The van der Waals surface area contributed by atoms with E-state index < -0.39 is 9.04 Å². The highest BCUT2D eigenvalue weighted by Gasteiger charge is 2.10. The lowest BCUT2D eigenvalue weighted by molar-refractivity contribution is 0.212. The van der Waals surface area contributed by atoms with Crippen molar-refractivity contribution in [2.24, 2.45) is 0 Å². The third-order valence-corrected chi connectivity index (χ3v) is 5.23. The fourth-order valence-corrected chi connectivity index (χ4v) is 3.56. The average molecular weight is 250 g/mol. The number of hydrogen-bond acceptors (Lipinski definition) is 2. The Balaban J connectivity index is 2.43. The number of rotatable bonds is 8. The zero-order chi connectivity index (χ0) is 12.5. The van der Waals surface area contributed by atoms with Crippen LogP contribution in [0.3, 0.4) is 0 Å². The number of hydrogen-bond donors (Lipinski definition) is 0. The van der Waals surface area contributed by atoms with Gasteiger partial charge in [-0.05, 0) is 17.2 Å². The maximum atomic E-state index is 5.97. The van der Waals surface area contributed by atoms with E-state index in [2.05, 4.69) is 37.8 Å². The van der Waals surface area contributed by atoms with E-state index in [9.17, 15) is 0 Å². The Labute approximate surface area is 106 Å². The van der Waals surface area contributed by atoms with Gasteiger partial charge in [-0.1, -0.05) is 50.3 Å². The van der Waals surface area contributed by atoms with Gasteiger partial charge in [0.25, 0.3) is 0 Å². The highest BCUT2D eigenvalue weighted by molar-refractivity contribution is 6.51. The van der Waals surface area contributed by atoms with E-state index in [0.717, 1.165) is 11.8 Å². The Kier molecular flexibility index (Phi) is 6.85. The zero-order valence-electron chi connectivity index (χ0n) is 10.8. The van der Waals surface area contributed by atoms with Crippen LogP contribution in [-0.4, -0.2) is 22.4 Å². The number of methoxy groups -OCH3 is 1. The number of ether oxygens (including phenoxy) is 1. The molecule has 94 valence electrons. The van der Waals surface area contributed by atoms with Crippen LogP contribution in [-0.2, 0) is 15.8 Å². The van der Waals surface area contributed by atoms with Gasteiger partial charge in [-0.15, -0.1) is 0 Å². The lowest BCUT2D eigenvalue weighted by atomic mass is 10.1. The molecule has 1 aromatic rings. The molecular weight excluding hydrogens is 228 g/mol. The van der Waals surface area contributed by atoms with Crippen LogP contribution in [0.2, 0.25) is 6.04 Å². The standard InChI is InChI=1S/C14H22O2Si/c1-4-10-17(12-15-3)16-11-14-8-6-13(5-2)7-9-14/h5-9,17H,2,4,10-12H2,1,3H3. The van der Waals surface area contributed by atoms with Crippen molar-refractivity contribution >= 4 is 15.1 Å². The first-order chi connectivity index (χ1) is 8.30. The van der Waals surface area contributed by atoms with Gasteiger partial charge in [-0.2, -0.15) is 0 Å². The predicted molar refractivity (Wildman–Crippen MR) is 75.4 cm³/mol. The molecule has 0 aliphatic carbocycles. The topological polar surface area (TPSA) is 18.5 Å². The predicted octanol–water partition coefficient (Wildman–Crippen LogP) is 3.17. The maximum Gasteiger partial charge on any atom is 0.202 e. The minimum Gasteiger partial charge on any atom is -0.413 e. The van der Waals surface area contributed by atoms with Crippen molar-refractivity contribution in [3.8, 4) is 0 Å². The molecular formula is C14H22O2Si. The summed E-state index contributed by atoms with van der Waals surface area (Å²) in [4.78, 5) is 0. The maximum absolute atomic E-state index is 5.97. The fourth-order valence-electron chi connectivity index (χ4n) is 1.69. The SMILES string of the molecule is C=Cc1ccc(CO[SiH](CCC)COC)cc1. The van der Waals surface area contributed by atoms with Gasteiger partial charge < -0.3 is 9.16 Å². The van der Waals surface area contributed by atoms with E-state index in [1.165, 1.54) is 18.0 Å². The molecule has 0 saturated heterocycles. The quantitative estimate of drug-likeness (QED) is 0.660. The summed E-state index contributed by atoms with van der Waals surface area (Å²) < 4.78 is 11.2. The Morgan fingerprint density at radius 1 is 1.29 bits per heavy atom. The molecule has 1 aromatic carbocycles. The molecule has 1 rings (SSSR count). The molecule has 0 heterocycles. The number of benzene rings is 1. The summed E-state index contributed by atoms with van der Waals surface area (Å²) in [6, 6.07) is 9.51. The van der Waals surface area contributed by atoms with Gasteiger partial charge in [-0.25, -0.2) is 0 Å². The monoisotopic (exact) mass is 250 g/mol. The van der Waals surface area contributed by atoms with Crippen molar-refractivity contribution in [2.75, 3.05) is 13.3 Å². The minimum absolute atomic E-state index is 0.706. The first-order valence-electron chi connectivity index (χ1n) is 6.12. The molecule has 0 amide bonds. The summed E-state index contributed by atoms with van der Waals surface area (Å²) in [5.74, 6) is 0. The van der Waals surface area contributed by atoms with Crippen LogP contribution in [0.1, 0.15) is 24.5 Å². The summed E-state index contributed by atoms with van der Waals surface area (Å²) in [6.45, 7) is 6.64. The van der Waals surface area contributed by atoms with Gasteiger partial charge >= 0.3 is 0 Å². The Morgan fingerprint density at radius 3 is 2.53 bits per heavy atom.